The van der Waals surface area contributed by atoms with E-state index < -0.39 is 17.1 Å². The Labute approximate surface area is 148 Å². The Kier molecular flexibility index (Phi) is 5.77. The number of ketones is 1. The van der Waals surface area contributed by atoms with Gasteiger partial charge in [-0.15, -0.1) is 0 Å². The van der Waals surface area contributed by atoms with E-state index in [9.17, 15) is 19.8 Å². The van der Waals surface area contributed by atoms with E-state index >= 15 is 0 Å². The molecule has 1 aliphatic carbocycles. The Morgan fingerprint density at radius 2 is 2.12 bits per heavy atom. The van der Waals surface area contributed by atoms with Gasteiger partial charge in [0.1, 0.15) is 11.4 Å². The third kappa shape index (κ3) is 4.98. The number of ether oxygens (including phenoxy) is 1. The molecule has 2 atom stereocenters. The van der Waals surface area contributed by atoms with Gasteiger partial charge in [-0.3, -0.25) is 4.79 Å². The highest BCUT2D eigenvalue weighted by atomic mass is 16.6. The minimum absolute atomic E-state index is 0.0220. The largest absolute Gasteiger partial charge is 0.508 e. The first-order valence-electron chi connectivity index (χ1n) is 8.68. The van der Waals surface area contributed by atoms with Crippen molar-refractivity contribution in [1.29, 1.82) is 0 Å². The third-order valence-corrected chi connectivity index (χ3v) is 4.45. The van der Waals surface area contributed by atoms with E-state index in [2.05, 4.69) is 10.6 Å². The number of carbonyl (C=O) groups excluding carboxylic acids is 2. The minimum Gasteiger partial charge on any atom is -0.508 e. The molecule has 0 aromatic heterocycles. The average molecular weight is 352 g/mol. The van der Waals surface area contributed by atoms with Gasteiger partial charge < -0.3 is 25.6 Å². The summed E-state index contributed by atoms with van der Waals surface area (Å²) < 4.78 is 5.19. The molecule has 4 N–H and O–H groups in total. The molecule has 1 fully saturated rings. The molecule has 1 aliphatic heterocycles. The fourth-order valence-corrected chi connectivity index (χ4v) is 3.20. The van der Waals surface area contributed by atoms with Gasteiger partial charge in [-0.2, -0.15) is 0 Å². The zero-order valence-corrected chi connectivity index (χ0v) is 15.1. The van der Waals surface area contributed by atoms with E-state index in [0.717, 1.165) is 19.4 Å². The highest BCUT2D eigenvalue weighted by Crippen LogP contribution is 2.38. The molecule has 0 bridgehead atoms. The fourth-order valence-electron chi connectivity index (χ4n) is 3.20. The Morgan fingerprint density at radius 3 is 2.68 bits per heavy atom. The Morgan fingerprint density at radius 1 is 1.40 bits per heavy atom. The van der Waals surface area contributed by atoms with Gasteiger partial charge in [0.05, 0.1) is 11.5 Å². The van der Waals surface area contributed by atoms with Gasteiger partial charge >= 0.3 is 6.09 Å². The maximum absolute atomic E-state index is 13.0. The van der Waals surface area contributed by atoms with Gasteiger partial charge in [-0.25, -0.2) is 4.79 Å². The van der Waals surface area contributed by atoms with Gasteiger partial charge in [0, 0.05) is 13.0 Å². The number of hydrogen-bond donors (Lipinski definition) is 4. The second kappa shape index (κ2) is 7.47. The van der Waals surface area contributed by atoms with Crippen LogP contribution < -0.4 is 10.6 Å². The number of aliphatic hydroxyl groups is 2. The van der Waals surface area contributed by atoms with Crippen LogP contribution in [0.4, 0.5) is 4.79 Å². The van der Waals surface area contributed by atoms with Crippen LogP contribution in [0.15, 0.2) is 23.7 Å². The molecule has 0 saturated carbocycles. The van der Waals surface area contributed by atoms with Crippen LogP contribution in [0.5, 0.6) is 0 Å². The summed E-state index contributed by atoms with van der Waals surface area (Å²) in [5, 5.41) is 25.4. The lowest BCUT2D eigenvalue weighted by molar-refractivity contribution is -0.128. The van der Waals surface area contributed by atoms with Crippen molar-refractivity contribution >= 4 is 11.9 Å². The summed E-state index contributed by atoms with van der Waals surface area (Å²) in [6.07, 6.45) is 4.49. The van der Waals surface area contributed by atoms with Gasteiger partial charge in [-0.1, -0.05) is 6.08 Å². The molecule has 2 rings (SSSR count). The lowest BCUT2D eigenvalue weighted by Crippen LogP contribution is -2.45. The number of hydrogen-bond acceptors (Lipinski definition) is 6. The first-order chi connectivity index (χ1) is 11.6. The van der Waals surface area contributed by atoms with E-state index in [1.165, 1.54) is 6.08 Å². The first kappa shape index (κ1) is 19.3. The van der Waals surface area contributed by atoms with Crippen molar-refractivity contribution in [2.45, 2.75) is 58.1 Å². The topological polar surface area (TPSA) is 108 Å². The van der Waals surface area contributed by atoms with Gasteiger partial charge in [-0.05, 0) is 52.7 Å². The molecule has 0 aromatic rings. The molecule has 0 aromatic carbocycles. The zero-order chi connectivity index (χ0) is 18.7. The van der Waals surface area contributed by atoms with E-state index in [1.54, 1.807) is 26.8 Å². The van der Waals surface area contributed by atoms with Crippen molar-refractivity contribution in [3.05, 3.63) is 23.7 Å². The van der Waals surface area contributed by atoms with Crippen molar-refractivity contribution in [3.8, 4) is 0 Å². The molecular formula is C18H28N2O5. The maximum Gasteiger partial charge on any atom is 0.407 e. The van der Waals surface area contributed by atoms with E-state index in [1.807, 2.05) is 0 Å². The SMILES string of the molecule is CC(C)(C)OC(=O)NCCC1(C(=O)[C@@H]2CCCN2)C=CC(O)=C(O)C1. The average Bonchev–Trinajstić information content (AvgIpc) is 3.02. The molecule has 1 amide bonds. The highest BCUT2D eigenvalue weighted by Gasteiger charge is 2.43. The molecule has 140 valence electrons. The molecule has 25 heavy (non-hydrogen) atoms. The standard InChI is InChI=1S/C18H28N2O5/c1-17(2,3)25-16(24)20-10-8-18(7-6-13(21)14(22)11-18)15(23)12-5-4-9-19-12/h6-7,12,19,21-22H,4-5,8-11H2,1-3H3,(H,20,24)/t12-,18?/m0/s1. The molecule has 1 unspecified atom stereocenters. The number of alkyl carbamates (subject to hydrolysis) is 1. The number of carbonyl (C=O) groups is 2. The fraction of sp³-hybridized carbons (Fsp3) is 0.667. The number of nitrogens with one attached hydrogen (secondary N) is 2. The first-order valence-corrected chi connectivity index (χ1v) is 8.68. The summed E-state index contributed by atoms with van der Waals surface area (Å²) in [5.74, 6) is -0.444. The lowest BCUT2D eigenvalue weighted by atomic mass is 9.71. The van der Waals surface area contributed by atoms with Crippen LogP contribution in [0, 0.1) is 5.41 Å². The molecule has 0 spiro atoms. The van der Waals surface area contributed by atoms with Crippen molar-refractivity contribution in [2.24, 2.45) is 5.41 Å². The van der Waals surface area contributed by atoms with Gasteiger partial charge in [0.2, 0.25) is 0 Å². The summed E-state index contributed by atoms with van der Waals surface area (Å²) in [5.41, 5.74) is -1.55. The van der Waals surface area contributed by atoms with E-state index in [0.29, 0.717) is 6.42 Å². The van der Waals surface area contributed by atoms with Crippen LogP contribution in [-0.2, 0) is 9.53 Å². The summed E-state index contributed by atoms with van der Waals surface area (Å²) in [6.45, 7) is 6.35. The molecule has 7 heteroatoms. The van der Waals surface area contributed by atoms with E-state index in [-0.39, 0.29) is 36.3 Å². The molecule has 1 saturated heterocycles. The predicted octanol–water partition coefficient (Wildman–Crippen LogP) is 2.50. The Hall–Kier alpha value is -2.02. The molecular weight excluding hydrogens is 324 g/mol. The summed E-state index contributed by atoms with van der Waals surface area (Å²) in [6, 6.07) is -0.265. The van der Waals surface area contributed by atoms with Crippen LogP contribution in [0.25, 0.3) is 0 Å². The van der Waals surface area contributed by atoms with Crippen molar-refractivity contribution in [3.63, 3.8) is 0 Å². The summed E-state index contributed by atoms with van der Waals surface area (Å²) in [7, 11) is 0. The van der Waals surface area contributed by atoms with Crippen LogP contribution in [0.3, 0.4) is 0 Å². The van der Waals surface area contributed by atoms with Gasteiger partial charge in [0.25, 0.3) is 0 Å². The molecule has 0 radical (unpaired) electrons. The van der Waals surface area contributed by atoms with Gasteiger partial charge in [0.15, 0.2) is 11.5 Å². The number of allylic oxidation sites excluding steroid dienone is 3. The van der Waals surface area contributed by atoms with Crippen LogP contribution in [-0.4, -0.2) is 46.8 Å². The van der Waals surface area contributed by atoms with Crippen LogP contribution >= 0.6 is 0 Å². The highest BCUT2D eigenvalue weighted by molar-refractivity contribution is 5.92. The normalized spacial score (nSPS) is 26.6. The molecule has 7 nitrogen and oxygen atoms in total. The lowest BCUT2D eigenvalue weighted by Gasteiger charge is -2.33. The number of amides is 1. The molecule has 2 aliphatic rings. The summed E-state index contributed by atoms with van der Waals surface area (Å²) in [4.78, 5) is 24.8. The van der Waals surface area contributed by atoms with Crippen LogP contribution in [0.2, 0.25) is 0 Å². The zero-order valence-electron chi connectivity index (χ0n) is 15.1. The number of rotatable bonds is 5. The van der Waals surface area contributed by atoms with E-state index in [4.69, 9.17) is 4.74 Å². The Bertz CT molecular complexity index is 585. The third-order valence-electron chi connectivity index (χ3n) is 4.45. The monoisotopic (exact) mass is 352 g/mol. The van der Waals surface area contributed by atoms with Crippen LogP contribution in [0.1, 0.15) is 46.5 Å². The maximum atomic E-state index is 13.0. The van der Waals surface area contributed by atoms with Crippen molar-refractivity contribution < 1.29 is 24.5 Å². The second-order valence-corrected chi connectivity index (χ2v) is 7.69. The summed E-state index contributed by atoms with van der Waals surface area (Å²) >= 11 is 0. The second-order valence-electron chi connectivity index (χ2n) is 7.69. The predicted molar refractivity (Wildman–Crippen MR) is 93.4 cm³/mol. The van der Waals surface area contributed by atoms with Crippen molar-refractivity contribution in [2.75, 3.05) is 13.1 Å². The number of Topliss-reactive ketones (excluding diaryl/α,β-unsaturated/α-hetero) is 1. The number of aliphatic hydroxyl groups excluding tert-OH is 2. The molecule has 1 heterocycles. The Balaban J connectivity index is 2.05. The quantitative estimate of drug-likeness (QED) is 0.605. The smallest absolute Gasteiger partial charge is 0.407 e. The van der Waals surface area contributed by atoms with Crippen molar-refractivity contribution in [1.82, 2.24) is 10.6 Å². The minimum atomic E-state index is -0.951.